The van der Waals surface area contributed by atoms with E-state index in [9.17, 15) is 17.6 Å². The Balaban J connectivity index is 1.51. The van der Waals surface area contributed by atoms with Gasteiger partial charge in [0.05, 0.1) is 11.3 Å². The van der Waals surface area contributed by atoms with Crippen molar-refractivity contribution in [1.29, 1.82) is 0 Å². The number of hydrogen-bond donors (Lipinski definition) is 0. The molecule has 2 fully saturated rings. The molecule has 0 N–H and O–H groups in total. The lowest BCUT2D eigenvalue weighted by atomic mass is 10.0. The summed E-state index contributed by atoms with van der Waals surface area (Å²) in [7, 11) is -3.39. The van der Waals surface area contributed by atoms with Crippen molar-refractivity contribution in [3.63, 3.8) is 0 Å². The van der Waals surface area contributed by atoms with Crippen LogP contribution in [0.2, 0.25) is 0 Å². The van der Waals surface area contributed by atoms with Crippen molar-refractivity contribution >= 4 is 15.7 Å². The number of benzene rings is 1. The summed E-state index contributed by atoms with van der Waals surface area (Å²) in [4.78, 5) is 21.3. The molecule has 0 unspecified atom stereocenters. The molecule has 0 spiro atoms. The minimum atomic E-state index is -3.39. The highest BCUT2D eigenvalue weighted by atomic mass is 32.2. The molecule has 166 valence electrons. The minimum absolute atomic E-state index is 0.00379. The van der Waals surface area contributed by atoms with Crippen molar-refractivity contribution < 1.29 is 17.6 Å². The molecule has 2 aliphatic rings. The molecule has 6 nitrogen and oxygen atoms in total. The van der Waals surface area contributed by atoms with E-state index in [4.69, 9.17) is 0 Å². The molecule has 31 heavy (non-hydrogen) atoms. The van der Waals surface area contributed by atoms with E-state index in [1.165, 1.54) is 37.2 Å². The number of rotatable bonds is 6. The molecule has 1 aromatic carbocycles. The van der Waals surface area contributed by atoms with Crippen molar-refractivity contribution in [2.45, 2.75) is 43.7 Å². The lowest BCUT2D eigenvalue weighted by molar-refractivity contribution is 0.0704. The fourth-order valence-electron chi connectivity index (χ4n) is 4.46. The van der Waals surface area contributed by atoms with Crippen LogP contribution in [0.5, 0.6) is 0 Å². The molecule has 2 aromatic rings. The number of halogens is 1. The summed E-state index contributed by atoms with van der Waals surface area (Å²) in [5.74, 6) is -0.854. The third kappa shape index (κ3) is 4.65. The monoisotopic (exact) mass is 445 g/mol. The number of pyridine rings is 1. The first-order valence-electron chi connectivity index (χ1n) is 10.9. The van der Waals surface area contributed by atoms with Gasteiger partial charge in [0.15, 0.2) is 14.9 Å². The second-order valence-electron chi connectivity index (χ2n) is 8.29. The summed E-state index contributed by atoms with van der Waals surface area (Å²) in [5, 5.41) is 0.00379. The van der Waals surface area contributed by atoms with Crippen LogP contribution < -0.4 is 0 Å². The first-order valence-corrected chi connectivity index (χ1v) is 12.6. The Morgan fingerprint density at radius 2 is 1.84 bits per heavy atom. The first-order chi connectivity index (χ1) is 14.9. The van der Waals surface area contributed by atoms with Gasteiger partial charge in [0.25, 0.3) is 5.91 Å². The van der Waals surface area contributed by atoms with E-state index in [1.54, 1.807) is 19.1 Å². The van der Waals surface area contributed by atoms with E-state index in [1.807, 2.05) is 4.90 Å². The van der Waals surface area contributed by atoms with Crippen LogP contribution in [0.1, 0.15) is 43.0 Å². The molecular formula is C23H28FN3O3S. The molecule has 8 heteroatoms. The van der Waals surface area contributed by atoms with Gasteiger partial charge >= 0.3 is 0 Å². The largest absolute Gasteiger partial charge is 0.334 e. The highest BCUT2D eigenvalue weighted by Crippen LogP contribution is 2.26. The predicted molar refractivity (Wildman–Crippen MR) is 117 cm³/mol. The van der Waals surface area contributed by atoms with Crippen molar-refractivity contribution in [2.24, 2.45) is 0 Å². The molecule has 2 aliphatic heterocycles. The molecule has 2 saturated heterocycles. The van der Waals surface area contributed by atoms with Gasteiger partial charge in [0.2, 0.25) is 0 Å². The highest BCUT2D eigenvalue weighted by molar-refractivity contribution is 7.91. The van der Waals surface area contributed by atoms with Crippen LogP contribution in [-0.4, -0.2) is 67.1 Å². The zero-order valence-corrected chi connectivity index (χ0v) is 18.6. The number of hydrogen-bond acceptors (Lipinski definition) is 5. The van der Waals surface area contributed by atoms with E-state index in [2.05, 4.69) is 9.88 Å². The molecule has 0 saturated carbocycles. The van der Waals surface area contributed by atoms with E-state index >= 15 is 0 Å². The molecule has 1 amide bonds. The maximum atomic E-state index is 14.9. The van der Waals surface area contributed by atoms with Crippen molar-refractivity contribution in [3.05, 3.63) is 47.9 Å². The van der Waals surface area contributed by atoms with Gasteiger partial charge in [-0.1, -0.05) is 13.0 Å². The fourth-order valence-corrected chi connectivity index (χ4v) is 5.25. The van der Waals surface area contributed by atoms with Gasteiger partial charge in [0.1, 0.15) is 5.82 Å². The van der Waals surface area contributed by atoms with E-state index in [-0.39, 0.29) is 28.3 Å². The number of carbonyl (C=O) groups excluding carboxylic acids is 1. The van der Waals surface area contributed by atoms with Gasteiger partial charge in [-0.2, -0.15) is 0 Å². The van der Waals surface area contributed by atoms with E-state index in [0.717, 1.165) is 32.5 Å². The van der Waals surface area contributed by atoms with E-state index < -0.39 is 15.7 Å². The SMILES string of the molecule is CCS(=O)(=O)c1ccc(-c2ccc(C(=O)N3CCC[C@H]3CN3CCCC3)c(F)c2)cn1. The van der Waals surface area contributed by atoms with Crippen LogP contribution in [0.3, 0.4) is 0 Å². The quantitative estimate of drug-likeness (QED) is 0.682. The first kappa shape index (κ1) is 21.9. The van der Waals surface area contributed by atoms with E-state index in [0.29, 0.717) is 17.7 Å². The normalized spacial score (nSPS) is 19.8. The zero-order chi connectivity index (χ0) is 22.0. The summed E-state index contributed by atoms with van der Waals surface area (Å²) in [6, 6.07) is 7.71. The third-order valence-electron chi connectivity index (χ3n) is 6.27. The Hall–Kier alpha value is -2.32. The predicted octanol–water partition coefficient (Wildman–Crippen LogP) is 3.38. The standard InChI is InChI=1S/C23H28FN3O3S/c1-2-31(29,30)22-10-8-18(15-25-22)17-7-9-20(21(24)14-17)23(28)27-13-5-6-19(27)16-26-11-3-4-12-26/h7-10,14-15,19H,2-6,11-13,16H2,1H3/t19-/m0/s1. The summed E-state index contributed by atoms with van der Waals surface area (Å²) < 4.78 is 38.8. The second-order valence-corrected chi connectivity index (χ2v) is 10.5. The molecule has 4 rings (SSSR count). The lowest BCUT2D eigenvalue weighted by Gasteiger charge is -2.28. The number of likely N-dealkylation sites (tertiary alicyclic amines) is 2. The molecule has 3 heterocycles. The average Bonchev–Trinajstić information content (AvgIpc) is 3.46. The van der Waals surface area contributed by atoms with Crippen molar-refractivity contribution in [3.8, 4) is 11.1 Å². The molecule has 0 bridgehead atoms. The fraction of sp³-hybridized carbons (Fsp3) is 0.478. The van der Waals surface area contributed by atoms with Crippen LogP contribution in [0, 0.1) is 5.82 Å². The van der Waals surface area contributed by atoms with Gasteiger partial charge < -0.3 is 9.80 Å². The number of amides is 1. The second kappa shape index (κ2) is 9.04. The van der Waals surface area contributed by atoms with Crippen LogP contribution in [0.4, 0.5) is 4.39 Å². The van der Waals surface area contributed by atoms with Crippen LogP contribution >= 0.6 is 0 Å². The van der Waals surface area contributed by atoms with Crippen LogP contribution in [0.25, 0.3) is 11.1 Å². The molecule has 0 radical (unpaired) electrons. The molecule has 1 atom stereocenters. The number of carbonyl (C=O) groups is 1. The van der Waals surface area contributed by atoms with Crippen molar-refractivity contribution in [1.82, 2.24) is 14.8 Å². The average molecular weight is 446 g/mol. The van der Waals surface area contributed by atoms with Crippen LogP contribution in [-0.2, 0) is 9.84 Å². The number of nitrogens with zero attached hydrogens (tertiary/aromatic N) is 3. The minimum Gasteiger partial charge on any atom is -0.334 e. The Bertz CT molecular complexity index is 1050. The van der Waals surface area contributed by atoms with Crippen LogP contribution in [0.15, 0.2) is 41.6 Å². The topological polar surface area (TPSA) is 70.6 Å². The smallest absolute Gasteiger partial charge is 0.257 e. The van der Waals surface area contributed by atoms with Gasteiger partial charge in [-0.25, -0.2) is 17.8 Å². The Morgan fingerprint density at radius 3 is 2.48 bits per heavy atom. The molecule has 1 aromatic heterocycles. The Morgan fingerprint density at radius 1 is 1.10 bits per heavy atom. The number of sulfone groups is 1. The zero-order valence-electron chi connectivity index (χ0n) is 17.8. The Kier molecular flexibility index (Phi) is 6.39. The van der Waals surface area contributed by atoms with Crippen molar-refractivity contribution in [2.75, 3.05) is 31.9 Å². The maximum absolute atomic E-state index is 14.9. The van der Waals surface area contributed by atoms with Gasteiger partial charge in [-0.05, 0) is 68.6 Å². The van der Waals surface area contributed by atoms with Gasteiger partial charge in [0, 0.05) is 30.9 Å². The Labute approximate surface area is 183 Å². The summed E-state index contributed by atoms with van der Waals surface area (Å²) >= 11 is 0. The molecule has 0 aliphatic carbocycles. The van der Waals surface area contributed by atoms with Gasteiger partial charge in [-0.3, -0.25) is 4.79 Å². The third-order valence-corrected chi connectivity index (χ3v) is 7.91. The summed E-state index contributed by atoms with van der Waals surface area (Å²) in [6.07, 6.45) is 5.74. The van der Waals surface area contributed by atoms with Gasteiger partial charge in [-0.15, -0.1) is 0 Å². The highest BCUT2D eigenvalue weighted by Gasteiger charge is 2.32. The summed E-state index contributed by atoms with van der Waals surface area (Å²) in [6.45, 7) is 5.24. The summed E-state index contributed by atoms with van der Waals surface area (Å²) in [5.41, 5.74) is 1.23. The number of aromatic nitrogens is 1. The maximum Gasteiger partial charge on any atom is 0.257 e. The molecular weight excluding hydrogens is 417 g/mol. The lowest BCUT2D eigenvalue weighted by Crippen LogP contribution is -2.42.